The number of nitrogens with one attached hydrogen (secondary N) is 1. The van der Waals surface area contributed by atoms with Crippen molar-refractivity contribution in [2.45, 2.75) is 71.1 Å². The summed E-state index contributed by atoms with van der Waals surface area (Å²) in [5, 5.41) is 16.6. The highest BCUT2D eigenvalue weighted by Crippen LogP contribution is 2.30. The minimum atomic E-state index is -1.07. The summed E-state index contributed by atoms with van der Waals surface area (Å²) in [6, 6.07) is 0.113. The van der Waals surface area contributed by atoms with Crippen molar-refractivity contribution in [1.29, 1.82) is 0 Å². The van der Waals surface area contributed by atoms with E-state index >= 15 is 0 Å². The molecule has 0 spiro atoms. The molecule has 0 unspecified atom stereocenters. The lowest BCUT2D eigenvalue weighted by Gasteiger charge is -2.30. The Bertz CT molecular complexity index is 659. The van der Waals surface area contributed by atoms with Gasteiger partial charge in [-0.15, -0.1) is 5.10 Å². The summed E-state index contributed by atoms with van der Waals surface area (Å²) in [6.07, 6.45) is 4.21. The van der Waals surface area contributed by atoms with Crippen LogP contribution < -0.4 is 10.1 Å². The number of amides is 1. The third-order valence-electron chi connectivity index (χ3n) is 4.39. The van der Waals surface area contributed by atoms with Gasteiger partial charge in [-0.3, -0.25) is 4.68 Å². The van der Waals surface area contributed by atoms with Crippen molar-refractivity contribution >= 4 is 12.1 Å². The number of alkyl carbamates (subject to hydrolysis) is 1. The van der Waals surface area contributed by atoms with E-state index in [9.17, 15) is 14.7 Å². The van der Waals surface area contributed by atoms with E-state index in [1.54, 1.807) is 4.68 Å². The lowest BCUT2D eigenvalue weighted by molar-refractivity contribution is 0.0486. The monoisotopic (exact) mass is 397 g/mol. The molecule has 0 bridgehead atoms. The second-order valence-corrected chi connectivity index (χ2v) is 7.83. The smallest absolute Gasteiger partial charge is 0.407 e. The average Bonchev–Trinajstić information content (AvgIpc) is 3.02. The Morgan fingerprint density at radius 3 is 2.50 bits per heavy atom. The molecule has 2 rings (SSSR count). The van der Waals surface area contributed by atoms with Crippen LogP contribution in [-0.2, 0) is 9.47 Å². The number of carbonyl (C=O) groups is 2. The van der Waals surface area contributed by atoms with Crippen LogP contribution in [0.25, 0.3) is 0 Å². The number of carboxylic acids is 1. The zero-order chi connectivity index (χ0) is 20.7. The Morgan fingerprint density at radius 1 is 1.25 bits per heavy atom. The number of hydrogen-bond donors (Lipinski definition) is 2. The molecule has 9 nitrogen and oxygen atoms in total. The zero-order valence-electron chi connectivity index (χ0n) is 17.1. The maximum atomic E-state index is 11.9. The molecule has 0 saturated heterocycles. The van der Waals surface area contributed by atoms with Gasteiger partial charge >= 0.3 is 12.1 Å². The second-order valence-electron chi connectivity index (χ2n) is 7.83. The number of ether oxygens (including phenoxy) is 3. The van der Waals surface area contributed by atoms with E-state index < -0.39 is 17.7 Å². The lowest BCUT2D eigenvalue weighted by Crippen LogP contribution is -2.41. The molecule has 1 saturated carbocycles. The summed E-state index contributed by atoms with van der Waals surface area (Å²) in [7, 11) is 0. The first-order valence-electron chi connectivity index (χ1n) is 9.72. The lowest BCUT2D eigenvalue weighted by atomic mass is 9.91. The van der Waals surface area contributed by atoms with E-state index in [-0.39, 0.29) is 30.1 Å². The van der Waals surface area contributed by atoms with E-state index in [0.29, 0.717) is 13.2 Å². The van der Waals surface area contributed by atoms with Gasteiger partial charge < -0.3 is 24.6 Å². The van der Waals surface area contributed by atoms with Crippen LogP contribution in [0.15, 0.2) is 6.20 Å². The van der Waals surface area contributed by atoms with Crippen molar-refractivity contribution < 1.29 is 28.9 Å². The molecule has 2 N–H and O–H groups in total. The van der Waals surface area contributed by atoms with Gasteiger partial charge in [0.1, 0.15) is 17.8 Å². The zero-order valence-corrected chi connectivity index (χ0v) is 17.1. The van der Waals surface area contributed by atoms with Crippen LogP contribution in [0.4, 0.5) is 4.79 Å². The molecule has 1 amide bonds. The van der Waals surface area contributed by atoms with Crippen LogP contribution >= 0.6 is 0 Å². The van der Waals surface area contributed by atoms with E-state index in [1.165, 1.54) is 6.20 Å². The number of aromatic nitrogens is 2. The van der Waals surface area contributed by atoms with Crippen molar-refractivity contribution in [3.05, 3.63) is 11.8 Å². The van der Waals surface area contributed by atoms with Crippen LogP contribution in [0.2, 0.25) is 0 Å². The van der Waals surface area contributed by atoms with E-state index in [1.807, 2.05) is 27.7 Å². The summed E-state index contributed by atoms with van der Waals surface area (Å²) in [5.41, 5.74) is -0.479. The highest BCUT2D eigenvalue weighted by atomic mass is 16.6. The van der Waals surface area contributed by atoms with Gasteiger partial charge in [0, 0.05) is 18.8 Å². The molecule has 1 aliphatic carbocycles. The van der Waals surface area contributed by atoms with Gasteiger partial charge in [0.25, 0.3) is 0 Å². The molecular formula is C19H31N3O6. The van der Waals surface area contributed by atoms with Crippen LogP contribution in [0.1, 0.15) is 69.8 Å². The standard InChI is InChI=1S/C19H31N3O6/c1-5-26-10-11-27-16-15(17(23)24)12-22(21-16)14-8-6-13(7-9-14)20-18(25)28-19(2,3)4/h12-14H,5-11H2,1-4H3,(H,20,25)(H,23,24). The first-order valence-corrected chi connectivity index (χ1v) is 9.72. The normalized spacial score (nSPS) is 19.9. The maximum Gasteiger partial charge on any atom is 0.407 e. The molecule has 0 aliphatic heterocycles. The molecule has 0 atom stereocenters. The van der Waals surface area contributed by atoms with E-state index in [0.717, 1.165) is 25.7 Å². The molecule has 9 heteroatoms. The third kappa shape index (κ3) is 6.70. The summed E-state index contributed by atoms with van der Waals surface area (Å²) in [5.74, 6) is -0.959. The van der Waals surface area contributed by atoms with Crippen LogP contribution in [0.3, 0.4) is 0 Å². The average molecular weight is 397 g/mol. The minimum Gasteiger partial charge on any atom is -0.477 e. The first kappa shape index (κ1) is 22.0. The SMILES string of the molecule is CCOCCOc1nn(C2CCC(NC(=O)OC(C)(C)C)CC2)cc1C(=O)O. The third-order valence-corrected chi connectivity index (χ3v) is 4.39. The minimum absolute atomic E-state index is 0.0440. The molecule has 1 fully saturated rings. The first-order chi connectivity index (χ1) is 13.2. The number of carboxylic acid groups (broad SMARTS) is 1. The number of carbonyl (C=O) groups excluding carboxylic acids is 1. The van der Waals surface area contributed by atoms with Crippen molar-refractivity contribution in [2.75, 3.05) is 19.8 Å². The summed E-state index contributed by atoms with van der Waals surface area (Å²) >= 11 is 0. The molecule has 158 valence electrons. The fraction of sp³-hybridized carbons (Fsp3) is 0.737. The summed E-state index contributed by atoms with van der Waals surface area (Å²) in [4.78, 5) is 23.4. The van der Waals surface area contributed by atoms with Crippen molar-refractivity contribution in [3.8, 4) is 5.88 Å². The Kier molecular flexibility index (Phi) is 7.68. The fourth-order valence-electron chi connectivity index (χ4n) is 3.12. The number of aromatic carboxylic acids is 1. The second kappa shape index (κ2) is 9.77. The fourth-order valence-corrected chi connectivity index (χ4v) is 3.12. The Labute approximate surface area is 165 Å². The van der Waals surface area contributed by atoms with Crippen LogP contribution in [0, 0.1) is 0 Å². The Hall–Kier alpha value is -2.29. The van der Waals surface area contributed by atoms with E-state index in [4.69, 9.17) is 14.2 Å². The molecule has 1 aromatic rings. The van der Waals surface area contributed by atoms with Crippen molar-refractivity contribution in [1.82, 2.24) is 15.1 Å². The number of rotatable bonds is 8. The molecule has 1 heterocycles. The van der Waals surface area contributed by atoms with Crippen molar-refractivity contribution in [2.24, 2.45) is 0 Å². The molecule has 0 aromatic carbocycles. The highest BCUT2D eigenvalue weighted by molar-refractivity contribution is 5.89. The van der Waals surface area contributed by atoms with Crippen LogP contribution in [0.5, 0.6) is 5.88 Å². The van der Waals surface area contributed by atoms with Gasteiger partial charge in [0.05, 0.1) is 12.6 Å². The largest absolute Gasteiger partial charge is 0.477 e. The predicted octanol–water partition coefficient (Wildman–Crippen LogP) is 3.01. The van der Waals surface area contributed by atoms with Gasteiger partial charge in [0.15, 0.2) is 0 Å². The molecule has 28 heavy (non-hydrogen) atoms. The van der Waals surface area contributed by atoms with Gasteiger partial charge in [0.2, 0.25) is 5.88 Å². The molecule has 0 radical (unpaired) electrons. The van der Waals surface area contributed by atoms with Gasteiger partial charge in [-0.1, -0.05) is 0 Å². The van der Waals surface area contributed by atoms with Gasteiger partial charge in [-0.2, -0.15) is 0 Å². The van der Waals surface area contributed by atoms with Gasteiger partial charge in [-0.25, -0.2) is 9.59 Å². The van der Waals surface area contributed by atoms with Crippen LogP contribution in [-0.4, -0.2) is 58.4 Å². The quantitative estimate of drug-likeness (QED) is 0.649. The summed E-state index contributed by atoms with van der Waals surface area (Å²) in [6.45, 7) is 8.57. The van der Waals surface area contributed by atoms with E-state index in [2.05, 4.69) is 10.4 Å². The maximum absolute atomic E-state index is 11.9. The summed E-state index contributed by atoms with van der Waals surface area (Å²) < 4.78 is 17.6. The molecular weight excluding hydrogens is 366 g/mol. The highest BCUT2D eigenvalue weighted by Gasteiger charge is 2.28. The predicted molar refractivity (Wildman–Crippen MR) is 102 cm³/mol. The van der Waals surface area contributed by atoms with Gasteiger partial charge in [-0.05, 0) is 53.4 Å². The number of hydrogen-bond acceptors (Lipinski definition) is 6. The van der Waals surface area contributed by atoms with Crippen molar-refractivity contribution in [3.63, 3.8) is 0 Å². The molecule has 1 aromatic heterocycles. The Morgan fingerprint density at radius 2 is 1.93 bits per heavy atom. The molecule has 1 aliphatic rings. The Balaban J connectivity index is 1.91. The number of nitrogens with zero attached hydrogens (tertiary/aromatic N) is 2. The topological polar surface area (TPSA) is 112 Å².